The summed E-state index contributed by atoms with van der Waals surface area (Å²) in [6, 6.07) is 30.9. The second-order valence-electron chi connectivity index (χ2n) is 9.20. The van der Waals surface area contributed by atoms with Crippen LogP contribution in [0.4, 0.5) is 46.3 Å². The van der Waals surface area contributed by atoms with E-state index in [4.69, 9.17) is 13.1 Å². The summed E-state index contributed by atoms with van der Waals surface area (Å²) in [4.78, 5) is 29.0. The fourth-order valence-corrected chi connectivity index (χ4v) is 5.19. The molecule has 0 saturated carbocycles. The number of anilines is 6. The first-order valence-corrected chi connectivity index (χ1v) is 12.6. The van der Waals surface area contributed by atoms with E-state index in [0.29, 0.717) is 11.4 Å². The van der Waals surface area contributed by atoms with Crippen molar-refractivity contribution in [2.45, 2.75) is 0 Å². The number of aromatic nitrogens is 4. The van der Waals surface area contributed by atoms with Crippen LogP contribution >= 0.6 is 0 Å². The highest BCUT2D eigenvalue weighted by molar-refractivity contribution is 6.07. The highest BCUT2D eigenvalue weighted by Gasteiger charge is 2.42. The van der Waals surface area contributed by atoms with Gasteiger partial charge in [-0.15, -0.1) is 9.97 Å². The Morgan fingerprint density at radius 2 is 0.905 bits per heavy atom. The molecular weight excluding hydrogens is 524 g/mol. The lowest BCUT2D eigenvalue weighted by Crippen LogP contribution is -2.29. The summed E-state index contributed by atoms with van der Waals surface area (Å²) in [5.41, 5.74) is 0.992. The molecule has 0 amide bonds. The van der Waals surface area contributed by atoms with Crippen LogP contribution in [0.15, 0.2) is 84.9 Å². The first-order chi connectivity index (χ1) is 20.7. The summed E-state index contributed by atoms with van der Waals surface area (Å²) in [5, 5.41) is 23.4. The van der Waals surface area contributed by atoms with Gasteiger partial charge in [0.25, 0.3) is 11.6 Å². The lowest BCUT2D eigenvalue weighted by molar-refractivity contribution is 0.987. The monoisotopic (exact) mass is 538 g/mol. The topological polar surface area (TPSA) is 114 Å². The Bertz CT molecular complexity index is 2030. The second kappa shape index (κ2) is 9.39. The van der Waals surface area contributed by atoms with Gasteiger partial charge in [0.1, 0.15) is 12.1 Å². The van der Waals surface area contributed by atoms with Gasteiger partial charge in [-0.05, 0) is 22.9 Å². The average Bonchev–Trinajstić information content (AvgIpc) is 3.05. The molecule has 4 aromatic carbocycles. The third-order valence-electron chi connectivity index (χ3n) is 6.97. The first-order valence-electron chi connectivity index (χ1n) is 12.6. The Hall–Kier alpha value is -6.88. The molecule has 0 unspecified atom stereocenters. The maximum atomic E-state index is 9.91. The number of benzene rings is 4. The minimum atomic E-state index is -0.169. The zero-order valence-electron chi connectivity index (χ0n) is 21.6. The molecule has 0 fully saturated rings. The van der Waals surface area contributed by atoms with Crippen LogP contribution in [0, 0.1) is 35.8 Å². The van der Waals surface area contributed by atoms with Gasteiger partial charge in [-0.2, -0.15) is 10.5 Å². The Balaban J connectivity index is 1.66. The van der Waals surface area contributed by atoms with Crippen LogP contribution in [-0.2, 0) is 0 Å². The van der Waals surface area contributed by atoms with Gasteiger partial charge >= 0.3 is 11.6 Å². The van der Waals surface area contributed by atoms with E-state index in [1.54, 1.807) is 9.80 Å². The van der Waals surface area contributed by atoms with Crippen LogP contribution < -0.4 is 9.80 Å². The van der Waals surface area contributed by atoms with Crippen LogP contribution in [0.25, 0.3) is 31.2 Å². The number of nitrogens with zero attached hydrogens (tertiary/aromatic N) is 10. The van der Waals surface area contributed by atoms with Crippen molar-refractivity contribution >= 4 is 67.8 Å². The predicted molar refractivity (Wildman–Crippen MR) is 158 cm³/mol. The second-order valence-corrected chi connectivity index (χ2v) is 9.20. The Kier molecular flexibility index (Phi) is 5.41. The molecule has 0 N–H and O–H groups in total. The summed E-state index contributed by atoms with van der Waals surface area (Å²) in [7, 11) is 0. The average molecular weight is 539 g/mol. The third-order valence-corrected chi connectivity index (χ3v) is 6.97. The molecule has 7 rings (SSSR count). The smallest absolute Gasteiger partial charge is 0.300 e. The van der Waals surface area contributed by atoms with Crippen molar-refractivity contribution in [2.24, 2.45) is 0 Å². The lowest BCUT2D eigenvalue weighted by atomic mass is 10.1. The maximum Gasteiger partial charge on any atom is 0.300 e. The van der Waals surface area contributed by atoms with E-state index in [0.717, 1.165) is 21.5 Å². The molecule has 192 valence electrons. The molecule has 1 aliphatic rings. The van der Waals surface area contributed by atoms with Crippen molar-refractivity contribution in [3.8, 4) is 12.1 Å². The van der Waals surface area contributed by atoms with E-state index in [1.165, 1.54) is 0 Å². The van der Waals surface area contributed by atoms with E-state index in [-0.39, 0.29) is 46.3 Å². The minimum Gasteiger partial charge on any atom is -0.370 e. The summed E-state index contributed by atoms with van der Waals surface area (Å²) >= 11 is 0. The highest BCUT2D eigenvalue weighted by Crippen LogP contribution is 2.54. The molecule has 10 heteroatoms. The van der Waals surface area contributed by atoms with E-state index < -0.39 is 0 Å². The molecule has 0 aliphatic carbocycles. The van der Waals surface area contributed by atoms with Gasteiger partial charge in [-0.3, -0.25) is 9.80 Å². The van der Waals surface area contributed by atoms with E-state index in [1.807, 2.05) is 97.1 Å². The standard InChI is InChI=1S/C32H14N10/c1-35-27-28(36-2)40-32-31(39-27)41(25-15-7-11-19-9-3-5-13-21(19)25)29-30(38-24(18-34)23(17-33)37-29)42(32)26-16-8-12-20-10-4-6-14-22(20)26/h3-16H. The molecule has 0 spiro atoms. The van der Waals surface area contributed by atoms with Crippen LogP contribution in [-0.4, -0.2) is 19.9 Å². The van der Waals surface area contributed by atoms with Crippen LogP contribution in [0.2, 0.25) is 0 Å². The van der Waals surface area contributed by atoms with Gasteiger partial charge in [-0.1, -0.05) is 85.9 Å². The molecule has 3 heterocycles. The number of rotatable bonds is 2. The van der Waals surface area contributed by atoms with Gasteiger partial charge in [0.15, 0.2) is 23.0 Å². The molecule has 0 radical (unpaired) electrons. The summed E-state index contributed by atoms with van der Waals surface area (Å²) in [6.07, 6.45) is 0. The quantitative estimate of drug-likeness (QED) is 0.206. The van der Waals surface area contributed by atoms with Crippen molar-refractivity contribution in [1.29, 1.82) is 10.5 Å². The molecule has 10 nitrogen and oxygen atoms in total. The van der Waals surface area contributed by atoms with Crippen molar-refractivity contribution in [3.63, 3.8) is 0 Å². The van der Waals surface area contributed by atoms with E-state index in [2.05, 4.69) is 29.6 Å². The van der Waals surface area contributed by atoms with Crippen molar-refractivity contribution in [2.75, 3.05) is 9.80 Å². The molecule has 0 atom stereocenters. The number of nitriles is 2. The summed E-state index contributed by atoms with van der Waals surface area (Å²) in [5.74, 6) is 0.572. The molecular formula is C32H14N10. The van der Waals surface area contributed by atoms with E-state index >= 15 is 0 Å². The lowest BCUT2D eigenvalue weighted by Gasteiger charge is -2.34. The maximum absolute atomic E-state index is 9.91. The van der Waals surface area contributed by atoms with Gasteiger partial charge in [-0.25, -0.2) is 9.97 Å². The van der Waals surface area contributed by atoms with Crippen molar-refractivity contribution in [3.05, 3.63) is 119 Å². The van der Waals surface area contributed by atoms with Gasteiger partial charge in [0, 0.05) is 10.8 Å². The van der Waals surface area contributed by atoms with Crippen molar-refractivity contribution in [1.82, 2.24) is 19.9 Å². The Morgan fingerprint density at radius 3 is 1.31 bits per heavy atom. The summed E-state index contributed by atoms with van der Waals surface area (Å²) < 4.78 is 0. The molecule has 1 aliphatic heterocycles. The Morgan fingerprint density at radius 1 is 0.524 bits per heavy atom. The number of hydrogen-bond donors (Lipinski definition) is 0. The third kappa shape index (κ3) is 3.48. The van der Waals surface area contributed by atoms with Crippen LogP contribution in [0.5, 0.6) is 0 Å². The normalized spacial score (nSPS) is 11.6. The minimum absolute atomic E-state index is 0.154. The first kappa shape index (κ1) is 24.2. The van der Waals surface area contributed by atoms with E-state index in [9.17, 15) is 10.5 Å². The molecule has 42 heavy (non-hydrogen) atoms. The molecule has 0 bridgehead atoms. The van der Waals surface area contributed by atoms with Crippen molar-refractivity contribution < 1.29 is 0 Å². The number of hydrogen-bond acceptors (Lipinski definition) is 8. The molecule has 0 saturated heterocycles. The van der Waals surface area contributed by atoms with Crippen LogP contribution in [0.1, 0.15) is 11.4 Å². The fourth-order valence-electron chi connectivity index (χ4n) is 5.19. The van der Waals surface area contributed by atoms with Gasteiger partial charge in [0.05, 0.1) is 11.4 Å². The zero-order chi connectivity index (χ0) is 28.8. The molecule has 6 aromatic rings. The van der Waals surface area contributed by atoms with Gasteiger partial charge < -0.3 is 9.69 Å². The zero-order valence-corrected chi connectivity index (χ0v) is 21.6. The Labute approximate surface area is 239 Å². The highest BCUT2D eigenvalue weighted by atomic mass is 15.4. The fraction of sp³-hybridized carbons (Fsp3) is 0. The number of fused-ring (bicyclic) bond motifs is 4. The predicted octanol–water partition coefficient (Wildman–Crippen LogP) is 7.67. The largest absolute Gasteiger partial charge is 0.370 e. The molecule has 2 aromatic heterocycles. The summed E-state index contributed by atoms with van der Waals surface area (Å²) in [6.45, 7) is 15.5. The SMILES string of the molecule is [C-]#[N+]c1nc2c(nc1[N+]#[C-])N(c1cccc3ccccc13)c1nc(C#N)c(C#N)nc1N2c1cccc2ccccc12. The van der Waals surface area contributed by atoms with Crippen LogP contribution in [0.3, 0.4) is 0 Å². The van der Waals surface area contributed by atoms with Gasteiger partial charge in [0.2, 0.25) is 0 Å².